The smallest absolute Gasteiger partial charge is 0.220 e. The molecule has 3 aromatic carbocycles. The number of amides is 1. The van der Waals surface area contributed by atoms with Crippen molar-refractivity contribution in [3.05, 3.63) is 95.3 Å². The molecule has 182 valence electrons. The Balaban J connectivity index is 1.27. The van der Waals surface area contributed by atoms with Crippen molar-refractivity contribution in [2.45, 2.75) is 52.5 Å². The van der Waals surface area contributed by atoms with E-state index in [9.17, 15) is 4.79 Å². The van der Waals surface area contributed by atoms with E-state index in [1.165, 1.54) is 16.7 Å². The lowest BCUT2D eigenvalue weighted by Crippen LogP contribution is -2.25. The van der Waals surface area contributed by atoms with Crippen molar-refractivity contribution in [2.24, 2.45) is 0 Å². The van der Waals surface area contributed by atoms with Crippen LogP contribution < -0.4 is 10.1 Å². The molecule has 0 radical (unpaired) electrons. The molecule has 0 aliphatic heterocycles. The third-order valence-corrected chi connectivity index (χ3v) is 6.46. The lowest BCUT2D eigenvalue weighted by atomic mass is 10.1. The molecule has 4 aromatic rings. The van der Waals surface area contributed by atoms with Gasteiger partial charge in [0.05, 0.1) is 17.6 Å². The van der Waals surface area contributed by atoms with Crippen molar-refractivity contribution in [3.8, 4) is 5.75 Å². The maximum atomic E-state index is 12.2. The van der Waals surface area contributed by atoms with Gasteiger partial charge in [0.15, 0.2) is 0 Å². The minimum Gasteiger partial charge on any atom is -0.493 e. The summed E-state index contributed by atoms with van der Waals surface area (Å²) < 4.78 is 8.37. The van der Waals surface area contributed by atoms with E-state index >= 15 is 0 Å². The van der Waals surface area contributed by atoms with Gasteiger partial charge in [0.2, 0.25) is 5.91 Å². The second-order valence-corrected chi connectivity index (χ2v) is 9.01. The number of carbonyl (C=O) groups is 1. The van der Waals surface area contributed by atoms with Gasteiger partial charge in [-0.05, 0) is 68.0 Å². The van der Waals surface area contributed by atoms with E-state index in [2.05, 4.69) is 60.1 Å². The van der Waals surface area contributed by atoms with Gasteiger partial charge in [-0.15, -0.1) is 0 Å². The molecule has 0 bridgehead atoms. The van der Waals surface area contributed by atoms with E-state index in [-0.39, 0.29) is 5.91 Å². The minimum absolute atomic E-state index is 0.103. The van der Waals surface area contributed by atoms with Crippen molar-refractivity contribution >= 4 is 16.9 Å². The van der Waals surface area contributed by atoms with Crippen molar-refractivity contribution < 1.29 is 9.53 Å². The Kier molecular flexibility index (Phi) is 8.55. The lowest BCUT2D eigenvalue weighted by molar-refractivity contribution is -0.121. The molecule has 5 heteroatoms. The van der Waals surface area contributed by atoms with Crippen LogP contribution in [0.3, 0.4) is 0 Å². The number of carbonyl (C=O) groups excluding carboxylic acids is 1. The molecule has 1 heterocycles. The molecular formula is C30H35N3O2. The Morgan fingerprint density at radius 1 is 0.914 bits per heavy atom. The monoisotopic (exact) mass is 469 g/mol. The highest BCUT2D eigenvalue weighted by Gasteiger charge is 2.11. The van der Waals surface area contributed by atoms with Crippen molar-refractivity contribution in [2.75, 3.05) is 13.2 Å². The number of nitrogens with one attached hydrogen (secondary N) is 1. The van der Waals surface area contributed by atoms with E-state index in [1.807, 2.05) is 36.4 Å². The van der Waals surface area contributed by atoms with Crippen LogP contribution in [0.5, 0.6) is 5.75 Å². The standard InChI is InChI=1S/C30H35N3O2/c1-23-11-8-16-28(24(23)2)35-22-10-21-33-27-15-7-6-14-26(27)32-29(33)17-9-20-31-30(34)19-18-25-12-4-3-5-13-25/h3-8,11-16H,9-10,17-22H2,1-2H3,(H,31,34). The average molecular weight is 470 g/mol. The lowest BCUT2D eigenvalue weighted by Gasteiger charge is -2.13. The molecule has 5 nitrogen and oxygen atoms in total. The normalized spacial score (nSPS) is 11.0. The quantitative estimate of drug-likeness (QED) is 0.267. The summed E-state index contributed by atoms with van der Waals surface area (Å²) in [6, 6.07) is 24.6. The minimum atomic E-state index is 0.103. The highest BCUT2D eigenvalue weighted by atomic mass is 16.5. The van der Waals surface area contributed by atoms with Crippen molar-refractivity contribution in [1.82, 2.24) is 14.9 Å². The predicted octanol–water partition coefficient (Wildman–Crippen LogP) is 5.80. The number of fused-ring (bicyclic) bond motifs is 1. The molecule has 4 rings (SSSR count). The number of aryl methyl sites for hydroxylation is 4. The zero-order valence-corrected chi connectivity index (χ0v) is 20.8. The van der Waals surface area contributed by atoms with Gasteiger partial charge in [0.25, 0.3) is 0 Å². The zero-order chi connectivity index (χ0) is 24.5. The molecule has 0 unspecified atom stereocenters. The highest BCUT2D eigenvalue weighted by Crippen LogP contribution is 2.21. The second-order valence-electron chi connectivity index (χ2n) is 9.01. The number of rotatable bonds is 12. The molecule has 0 aliphatic rings. The summed E-state index contributed by atoms with van der Waals surface area (Å²) >= 11 is 0. The summed E-state index contributed by atoms with van der Waals surface area (Å²) in [4.78, 5) is 17.1. The summed E-state index contributed by atoms with van der Waals surface area (Å²) in [7, 11) is 0. The number of hydrogen-bond donors (Lipinski definition) is 1. The van der Waals surface area contributed by atoms with Gasteiger partial charge in [0, 0.05) is 25.9 Å². The maximum absolute atomic E-state index is 12.2. The number of ether oxygens (including phenoxy) is 1. The number of para-hydroxylation sites is 2. The fourth-order valence-corrected chi connectivity index (χ4v) is 4.32. The number of hydrogen-bond acceptors (Lipinski definition) is 3. The third-order valence-electron chi connectivity index (χ3n) is 6.46. The molecule has 1 aromatic heterocycles. The topological polar surface area (TPSA) is 56.1 Å². The molecule has 1 N–H and O–H groups in total. The Labute approximate surface area is 208 Å². The molecule has 0 fully saturated rings. The number of imidazole rings is 1. The molecule has 0 atom stereocenters. The third kappa shape index (κ3) is 6.72. The summed E-state index contributed by atoms with van der Waals surface area (Å²) in [5.74, 6) is 2.13. The first-order valence-corrected chi connectivity index (χ1v) is 12.6. The summed E-state index contributed by atoms with van der Waals surface area (Å²) in [6.07, 6.45) is 3.87. The van der Waals surface area contributed by atoms with Crippen LogP contribution >= 0.6 is 0 Å². The molecule has 35 heavy (non-hydrogen) atoms. The molecule has 1 amide bonds. The molecular weight excluding hydrogens is 434 g/mol. The van der Waals surface area contributed by atoms with Gasteiger partial charge in [0.1, 0.15) is 11.6 Å². The van der Waals surface area contributed by atoms with Crippen LogP contribution in [0.1, 0.15) is 41.8 Å². The highest BCUT2D eigenvalue weighted by molar-refractivity contribution is 5.76. The fourth-order valence-electron chi connectivity index (χ4n) is 4.32. The molecule has 0 spiro atoms. The first kappa shape index (κ1) is 24.5. The number of aromatic nitrogens is 2. The zero-order valence-electron chi connectivity index (χ0n) is 20.8. The number of nitrogens with zero attached hydrogens (tertiary/aromatic N) is 2. The van der Waals surface area contributed by atoms with Gasteiger partial charge in [-0.1, -0.05) is 54.6 Å². The first-order valence-electron chi connectivity index (χ1n) is 12.6. The predicted molar refractivity (Wildman–Crippen MR) is 142 cm³/mol. The van der Waals surface area contributed by atoms with E-state index in [0.29, 0.717) is 19.6 Å². The fraction of sp³-hybridized carbons (Fsp3) is 0.333. The van der Waals surface area contributed by atoms with Gasteiger partial charge >= 0.3 is 0 Å². The van der Waals surface area contributed by atoms with Crippen LogP contribution in [-0.4, -0.2) is 28.6 Å². The van der Waals surface area contributed by atoms with E-state index in [4.69, 9.17) is 9.72 Å². The van der Waals surface area contributed by atoms with E-state index in [0.717, 1.165) is 54.8 Å². The first-order chi connectivity index (χ1) is 17.1. The van der Waals surface area contributed by atoms with Gasteiger partial charge in [-0.3, -0.25) is 4.79 Å². The Morgan fingerprint density at radius 3 is 2.57 bits per heavy atom. The second kappa shape index (κ2) is 12.2. The average Bonchev–Trinajstić information content (AvgIpc) is 3.23. The summed E-state index contributed by atoms with van der Waals surface area (Å²) in [6.45, 7) is 6.38. The Hall–Kier alpha value is -3.60. The van der Waals surface area contributed by atoms with Gasteiger partial charge in [-0.2, -0.15) is 0 Å². The molecule has 0 saturated carbocycles. The van der Waals surface area contributed by atoms with Crippen LogP contribution in [0.25, 0.3) is 11.0 Å². The Bertz CT molecular complexity index is 1250. The maximum Gasteiger partial charge on any atom is 0.220 e. The van der Waals surface area contributed by atoms with Crippen LogP contribution in [0.2, 0.25) is 0 Å². The van der Waals surface area contributed by atoms with Crippen LogP contribution in [0.15, 0.2) is 72.8 Å². The van der Waals surface area contributed by atoms with Crippen molar-refractivity contribution in [1.29, 1.82) is 0 Å². The molecule has 0 aliphatic carbocycles. The Morgan fingerprint density at radius 2 is 1.71 bits per heavy atom. The van der Waals surface area contributed by atoms with E-state index in [1.54, 1.807) is 0 Å². The van der Waals surface area contributed by atoms with Gasteiger partial charge < -0.3 is 14.6 Å². The largest absolute Gasteiger partial charge is 0.493 e. The molecule has 0 saturated heterocycles. The summed E-state index contributed by atoms with van der Waals surface area (Å²) in [5, 5.41) is 3.06. The summed E-state index contributed by atoms with van der Waals surface area (Å²) in [5.41, 5.74) is 5.81. The van der Waals surface area contributed by atoms with Crippen LogP contribution in [0, 0.1) is 13.8 Å². The van der Waals surface area contributed by atoms with Crippen molar-refractivity contribution in [3.63, 3.8) is 0 Å². The number of benzene rings is 3. The van der Waals surface area contributed by atoms with Crippen LogP contribution in [-0.2, 0) is 24.2 Å². The SMILES string of the molecule is Cc1cccc(OCCCn2c(CCCNC(=O)CCc3ccccc3)nc3ccccc32)c1C. The van der Waals surface area contributed by atoms with E-state index < -0.39 is 0 Å². The van der Waals surface area contributed by atoms with Crippen LogP contribution in [0.4, 0.5) is 0 Å². The van der Waals surface area contributed by atoms with Gasteiger partial charge in [-0.25, -0.2) is 4.98 Å².